The van der Waals surface area contributed by atoms with Crippen LogP contribution in [0, 0.1) is 5.41 Å². The van der Waals surface area contributed by atoms with E-state index in [4.69, 9.17) is 4.74 Å². The third kappa shape index (κ3) is 2.15. The zero-order chi connectivity index (χ0) is 9.86. The average Bonchev–Trinajstić information content (AvgIpc) is 2.62. The van der Waals surface area contributed by atoms with Gasteiger partial charge >= 0.3 is 0 Å². The van der Waals surface area contributed by atoms with Gasteiger partial charge in [0.05, 0.1) is 25.2 Å². The molecule has 1 fully saturated rings. The van der Waals surface area contributed by atoms with Gasteiger partial charge in [0, 0.05) is 18.0 Å². The Kier molecular flexibility index (Phi) is 3.18. The van der Waals surface area contributed by atoms with Gasteiger partial charge in [-0.2, -0.15) is 0 Å². The van der Waals surface area contributed by atoms with E-state index in [0.717, 1.165) is 13.1 Å². The van der Waals surface area contributed by atoms with Gasteiger partial charge in [-0.3, -0.25) is 0 Å². The Morgan fingerprint density at radius 1 is 1.57 bits per heavy atom. The Labute approximate surface area is 87.7 Å². The first-order valence-electron chi connectivity index (χ1n) is 4.76. The Morgan fingerprint density at radius 3 is 2.93 bits per heavy atom. The number of hydrogen-bond donors (Lipinski definition) is 2. The summed E-state index contributed by atoms with van der Waals surface area (Å²) in [6.07, 6.45) is 0. The van der Waals surface area contributed by atoms with E-state index in [-0.39, 0.29) is 12.0 Å². The molecule has 1 saturated heterocycles. The monoisotopic (exact) mass is 213 g/mol. The molecule has 78 valence electrons. The smallest absolute Gasteiger partial charge is 0.0579 e. The summed E-state index contributed by atoms with van der Waals surface area (Å²) in [5.74, 6) is 0. The SMILES string of the molecule is OCC1(CNCc2cccs2)COC1. The van der Waals surface area contributed by atoms with Crippen LogP contribution in [0.25, 0.3) is 0 Å². The molecule has 2 rings (SSSR count). The predicted octanol–water partition coefficient (Wildman–Crippen LogP) is 0.847. The molecule has 4 heteroatoms. The summed E-state index contributed by atoms with van der Waals surface area (Å²) in [4.78, 5) is 1.33. The molecule has 0 spiro atoms. The van der Waals surface area contributed by atoms with Gasteiger partial charge in [0.2, 0.25) is 0 Å². The lowest BCUT2D eigenvalue weighted by molar-refractivity contribution is -0.134. The number of nitrogens with one attached hydrogen (secondary N) is 1. The van der Waals surface area contributed by atoms with Crippen molar-refractivity contribution in [1.82, 2.24) is 5.32 Å². The molecule has 0 atom stereocenters. The van der Waals surface area contributed by atoms with Crippen LogP contribution in [-0.2, 0) is 11.3 Å². The molecule has 0 amide bonds. The van der Waals surface area contributed by atoms with E-state index < -0.39 is 0 Å². The fourth-order valence-electron chi connectivity index (χ4n) is 1.50. The van der Waals surface area contributed by atoms with E-state index in [1.165, 1.54) is 4.88 Å². The van der Waals surface area contributed by atoms with Gasteiger partial charge in [0.25, 0.3) is 0 Å². The maximum Gasteiger partial charge on any atom is 0.0579 e. The molecule has 0 aromatic carbocycles. The number of hydrogen-bond acceptors (Lipinski definition) is 4. The fraction of sp³-hybridized carbons (Fsp3) is 0.600. The highest BCUT2D eigenvalue weighted by atomic mass is 32.1. The normalized spacial score (nSPS) is 19.2. The van der Waals surface area contributed by atoms with Crippen LogP contribution in [0.3, 0.4) is 0 Å². The molecule has 0 unspecified atom stereocenters. The van der Waals surface area contributed by atoms with Crippen molar-refractivity contribution in [1.29, 1.82) is 0 Å². The maximum atomic E-state index is 9.18. The van der Waals surface area contributed by atoms with Gasteiger partial charge in [-0.15, -0.1) is 11.3 Å². The first-order chi connectivity index (χ1) is 6.85. The second-order valence-corrected chi connectivity index (χ2v) is 4.87. The van der Waals surface area contributed by atoms with Gasteiger partial charge in [-0.1, -0.05) is 6.07 Å². The third-order valence-corrected chi connectivity index (χ3v) is 3.41. The number of aliphatic hydroxyl groups excluding tert-OH is 1. The number of rotatable bonds is 5. The molecule has 3 nitrogen and oxygen atoms in total. The molecule has 0 radical (unpaired) electrons. The second-order valence-electron chi connectivity index (χ2n) is 3.83. The number of thiophene rings is 1. The molecule has 0 saturated carbocycles. The molecule has 1 aromatic heterocycles. The summed E-state index contributed by atoms with van der Waals surface area (Å²) in [6.45, 7) is 3.30. The minimum atomic E-state index is -0.0166. The summed E-state index contributed by atoms with van der Waals surface area (Å²) in [6, 6.07) is 4.16. The Morgan fingerprint density at radius 2 is 2.43 bits per heavy atom. The first kappa shape index (κ1) is 10.1. The van der Waals surface area contributed by atoms with Crippen LogP contribution in [0.2, 0.25) is 0 Å². The van der Waals surface area contributed by atoms with E-state index in [9.17, 15) is 5.11 Å². The molecule has 1 aliphatic rings. The lowest BCUT2D eigenvalue weighted by Crippen LogP contribution is -2.52. The molecule has 1 aliphatic heterocycles. The molecule has 14 heavy (non-hydrogen) atoms. The van der Waals surface area contributed by atoms with Gasteiger partial charge in [-0.05, 0) is 11.4 Å². The third-order valence-electron chi connectivity index (χ3n) is 2.53. The molecule has 2 N–H and O–H groups in total. The summed E-state index contributed by atoms with van der Waals surface area (Å²) >= 11 is 1.75. The van der Waals surface area contributed by atoms with Crippen LogP contribution in [0.1, 0.15) is 4.88 Å². The Hall–Kier alpha value is -0.420. The van der Waals surface area contributed by atoms with Crippen molar-refractivity contribution in [2.24, 2.45) is 5.41 Å². The first-order valence-corrected chi connectivity index (χ1v) is 5.64. The van der Waals surface area contributed by atoms with Gasteiger partial charge in [0.15, 0.2) is 0 Å². The van der Waals surface area contributed by atoms with Crippen molar-refractivity contribution in [2.75, 3.05) is 26.4 Å². The standard InChI is InChI=1S/C10H15NO2S/c12-6-10(7-13-8-10)5-11-4-9-2-1-3-14-9/h1-3,11-12H,4-8H2. The largest absolute Gasteiger partial charge is 0.396 e. The molecule has 1 aromatic rings. The van der Waals surface area contributed by atoms with Crippen molar-refractivity contribution < 1.29 is 9.84 Å². The lowest BCUT2D eigenvalue weighted by Gasteiger charge is -2.39. The Bertz CT molecular complexity index is 264. The molecule has 2 heterocycles. The number of ether oxygens (including phenoxy) is 1. The van der Waals surface area contributed by atoms with E-state index in [0.29, 0.717) is 13.2 Å². The Balaban J connectivity index is 1.72. The highest BCUT2D eigenvalue weighted by Crippen LogP contribution is 2.25. The van der Waals surface area contributed by atoms with Crippen molar-refractivity contribution in [3.05, 3.63) is 22.4 Å². The minimum Gasteiger partial charge on any atom is -0.396 e. The van der Waals surface area contributed by atoms with E-state index >= 15 is 0 Å². The van der Waals surface area contributed by atoms with Crippen molar-refractivity contribution in [3.63, 3.8) is 0 Å². The lowest BCUT2D eigenvalue weighted by atomic mass is 9.87. The second kappa shape index (κ2) is 4.40. The summed E-state index contributed by atoms with van der Waals surface area (Å²) < 4.78 is 5.12. The molecular formula is C10H15NO2S. The van der Waals surface area contributed by atoms with Crippen LogP contribution in [0.15, 0.2) is 17.5 Å². The highest BCUT2D eigenvalue weighted by Gasteiger charge is 2.37. The summed E-state index contributed by atoms with van der Waals surface area (Å²) in [7, 11) is 0. The maximum absolute atomic E-state index is 9.18. The van der Waals surface area contributed by atoms with E-state index in [1.807, 2.05) is 0 Å². The van der Waals surface area contributed by atoms with Gasteiger partial charge < -0.3 is 15.2 Å². The van der Waals surface area contributed by atoms with Crippen LogP contribution in [0.4, 0.5) is 0 Å². The van der Waals surface area contributed by atoms with E-state index in [1.54, 1.807) is 11.3 Å². The van der Waals surface area contributed by atoms with Crippen molar-refractivity contribution >= 4 is 11.3 Å². The van der Waals surface area contributed by atoms with Gasteiger partial charge in [-0.25, -0.2) is 0 Å². The minimum absolute atomic E-state index is 0.0166. The molecule has 0 bridgehead atoms. The van der Waals surface area contributed by atoms with Crippen LogP contribution >= 0.6 is 11.3 Å². The van der Waals surface area contributed by atoms with Crippen molar-refractivity contribution in [2.45, 2.75) is 6.54 Å². The van der Waals surface area contributed by atoms with Crippen LogP contribution in [0.5, 0.6) is 0 Å². The van der Waals surface area contributed by atoms with E-state index in [2.05, 4.69) is 22.8 Å². The van der Waals surface area contributed by atoms with Gasteiger partial charge in [0.1, 0.15) is 0 Å². The fourth-order valence-corrected chi connectivity index (χ4v) is 2.18. The summed E-state index contributed by atoms with van der Waals surface area (Å²) in [5.41, 5.74) is -0.0166. The average molecular weight is 213 g/mol. The molecular weight excluding hydrogens is 198 g/mol. The molecule has 0 aliphatic carbocycles. The number of aliphatic hydroxyl groups is 1. The van der Waals surface area contributed by atoms with Crippen LogP contribution < -0.4 is 5.32 Å². The summed E-state index contributed by atoms with van der Waals surface area (Å²) in [5, 5.41) is 14.6. The predicted molar refractivity (Wildman–Crippen MR) is 56.4 cm³/mol. The highest BCUT2D eigenvalue weighted by molar-refractivity contribution is 7.09. The zero-order valence-corrected chi connectivity index (χ0v) is 8.85. The topological polar surface area (TPSA) is 41.5 Å². The zero-order valence-electron chi connectivity index (χ0n) is 8.03. The van der Waals surface area contributed by atoms with Crippen molar-refractivity contribution in [3.8, 4) is 0 Å². The van der Waals surface area contributed by atoms with Crippen LogP contribution in [-0.4, -0.2) is 31.5 Å². The quantitative estimate of drug-likeness (QED) is 0.762.